The summed E-state index contributed by atoms with van der Waals surface area (Å²) in [6, 6.07) is 6.19. The van der Waals surface area contributed by atoms with Crippen LogP contribution in [0.4, 0.5) is 32.2 Å². The number of amides is 1. The van der Waals surface area contributed by atoms with Gasteiger partial charge in [-0.1, -0.05) is 18.2 Å². The van der Waals surface area contributed by atoms with Crippen LogP contribution in [0.1, 0.15) is 29.0 Å². The van der Waals surface area contributed by atoms with E-state index in [9.17, 15) is 36.2 Å². The number of aliphatic hydroxyl groups excluding tert-OH is 1. The van der Waals surface area contributed by atoms with Crippen molar-refractivity contribution in [1.29, 1.82) is 0 Å². The Morgan fingerprint density at radius 2 is 1.77 bits per heavy atom. The molecule has 2 bridgehead atoms. The molecule has 2 aliphatic rings. The average Bonchev–Trinajstić information content (AvgIpc) is 3.24. The second-order valence-electron chi connectivity index (χ2n) is 7.54. The van der Waals surface area contributed by atoms with E-state index in [2.05, 4.69) is 10.3 Å². The largest absolute Gasteiger partial charge is 0.417 e. The van der Waals surface area contributed by atoms with E-state index in [1.165, 1.54) is 12.1 Å². The van der Waals surface area contributed by atoms with Gasteiger partial charge in [-0.3, -0.25) is 4.79 Å². The molecule has 4 rings (SSSR count). The SMILES string of the molecule is O=C(Nc1ccc(C(F)(F)F)cn1)C1C2CC(O)C(O2)C1c1cccc(C(F)(F)F)c1. The smallest absolute Gasteiger partial charge is 0.390 e. The number of pyridine rings is 1. The second-order valence-corrected chi connectivity index (χ2v) is 7.54. The summed E-state index contributed by atoms with van der Waals surface area (Å²) in [7, 11) is 0. The summed E-state index contributed by atoms with van der Waals surface area (Å²) >= 11 is 0. The summed E-state index contributed by atoms with van der Waals surface area (Å²) in [6.45, 7) is 0. The Morgan fingerprint density at radius 3 is 2.39 bits per heavy atom. The van der Waals surface area contributed by atoms with Gasteiger partial charge in [0, 0.05) is 18.5 Å². The van der Waals surface area contributed by atoms with Gasteiger partial charge in [0.25, 0.3) is 0 Å². The number of ether oxygens (including phenoxy) is 1. The quantitative estimate of drug-likeness (QED) is 0.700. The van der Waals surface area contributed by atoms with Crippen molar-refractivity contribution in [2.24, 2.45) is 5.92 Å². The van der Waals surface area contributed by atoms with Crippen LogP contribution < -0.4 is 5.32 Å². The number of rotatable bonds is 3. The molecule has 3 heterocycles. The highest BCUT2D eigenvalue weighted by Crippen LogP contribution is 2.50. The third kappa shape index (κ3) is 4.11. The van der Waals surface area contributed by atoms with Gasteiger partial charge >= 0.3 is 12.4 Å². The van der Waals surface area contributed by atoms with Gasteiger partial charge in [-0.25, -0.2) is 4.98 Å². The van der Waals surface area contributed by atoms with E-state index in [0.717, 1.165) is 24.3 Å². The third-order valence-corrected chi connectivity index (χ3v) is 5.57. The molecule has 5 atom stereocenters. The number of fused-ring (bicyclic) bond motifs is 2. The number of carbonyl (C=O) groups excluding carboxylic acids is 1. The van der Waals surface area contributed by atoms with Crippen molar-refractivity contribution in [1.82, 2.24) is 4.98 Å². The van der Waals surface area contributed by atoms with E-state index in [1.54, 1.807) is 0 Å². The predicted molar refractivity (Wildman–Crippen MR) is 94.8 cm³/mol. The number of aromatic nitrogens is 1. The molecule has 1 aromatic heterocycles. The molecular formula is C20H16F6N2O3. The highest BCUT2D eigenvalue weighted by Gasteiger charge is 2.57. The van der Waals surface area contributed by atoms with Crippen LogP contribution in [0.5, 0.6) is 0 Å². The van der Waals surface area contributed by atoms with Gasteiger partial charge < -0.3 is 15.2 Å². The number of hydrogen-bond acceptors (Lipinski definition) is 4. The van der Waals surface area contributed by atoms with Crippen molar-refractivity contribution in [3.8, 4) is 0 Å². The Hall–Kier alpha value is -2.66. The number of carbonyl (C=O) groups is 1. The molecular weight excluding hydrogens is 430 g/mol. The van der Waals surface area contributed by atoms with Crippen molar-refractivity contribution < 1.29 is 41.0 Å². The molecule has 2 N–H and O–H groups in total. The van der Waals surface area contributed by atoms with Crippen LogP contribution in [0.25, 0.3) is 0 Å². The molecule has 166 valence electrons. The number of hydrogen-bond donors (Lipinski definition) is 2. The third-order valence-electron chi connectivity index (χ3n) is 5.57. The zero-order valence-corrected chi connectivity index (χ0v) is 15.6. The lowest BCUT2D eigenvalue weighted by atomic mass is 9.73. The fraction of sp³-hybridized carbons (Fsp3) is 0.400. The van der Waals surface area contributed by atoms with Gasteiger partial charge in [0.2, 0.25) is 5.91 Å². The normalized spacial score (nSPS) is 28.0. The molecule has 2 saturated heterocycles. The summed E-state index contributed by atoms with van der Waals surface area (Å²) in [5.41, 5.74) is -1.70. The van der Waals surface area contributed by atoms with Crippen molar-refractivity contribution in [3.63, 3.8) is 0 Å². The van der Waals surface area contributed by atoms with Crippen LogP contribution in [0.2, 0.25) is 0 Å². The van der Waals surface area contributed by atoms with Crippen molar-refractivity contribution in [3.05, 3.63) is 59.3 Å². The lowest BCUT2D eigenvalue weighted by Crippen LogP contribution is -2.41. The molecule has 2 aliphatic heterocycles. The lowest BCUT2D eigenvalue weighted by molar-refractivity contribution is -0.138. The predicted octanol–water partition coefficient (Wildman–Crippen LogP) is 3.99. The van der Waals surface area contributed by atoms with Gasteiger partial charge in [0.05, 0.1) is 35.4 Å². The first-order valence-corrected chi connectivity index (χ1v) is 9.30. The highest BCUT2D eigenvalue weighted by molar-refractivity contribution is 5.93. The molecule has 5 unspecified atom stereocenters. The minimum absolute atomic E-state index is 0.124. The van der Waals surface area contributed by atoms with E-state index >= 15 is 0 Å². The number of benzene rings is 1. The van der Waals surface area contributed by atoms with Crippen LogP contribution in [0.15, 0.2) is 42.6 Å². The van der Waals surface area contributed by atoms with Crippen LogP contribution in [0.3, 0.4) is 0 Å². The molecule has 2 aromatic rings. The number of aliphatic hydroxyl groups is 1. The monoisotopic (exact) mass is 446 g/mol. The Kier molecular flexibility index (Phi) is 5.21. The highest BCUT2D eigenvalue weighted by atomic mass is 19.4. The van der Waals surface area contributed by atoms with Crippen LogP contribution in [0, 0.1) is 5.92 Å². The number of alkyl halides is 6. The van der Waals surface area contributed by atoms with Crippen LogP contribution in [-0.4, -0.2) is 34.3 Å². The van der Waals surface area contributed by atoms with Crippen LogP contribution >= 0.6 is 0 Å². The second kappa shape index (κ2) is 7.49. The summed E-state index contributed by atoms with van der Waals surface area (Å²) in [5, 5.41) is 12.6. The Bertz CT molecular complexity index is 976. The summed E-state index contributed by atoms with van der Waals surface area (Å²) in [6.07, 6.45) is -11.0. The van der Waals surface area contributed by atoms with Crippen molar-refractivity contribution in [2.75, 3.05) is 5.32 Å². The minimum atomic E-state index is -4.59. The summed E-state index contributed by atoms with van der Waals surface area (Å²) < 4.78 is 83.1. The molecule has 5 nitrogen and oxygen atoms in total. The minimum Gasteiger partial charge on any atom is -0.390 e. The van der Waals surface area contributed by atoms with Gasteiger partial charge in [0.1, 0.15) is 5.82 Å². The molecule has 0 aliphatic carbocycles. The van der Waals surface area contributed by atoms with E-state index in [1.807, 2.05) is 0 Å². The van der Waals surface area contributed by atoms with E-state index in [4.69, 9.17) is 4.74 Å². The maximum atomic E-state index is 13.1. The summed E-state index contributed by atoms with van der Waals surface area (Å²) in [4.78, 5) is 16.5. The first kappa shape index (κ1) is 21.6. The topological polar surface area (TPSA) is 71.5 Å². The molecule has 0 radical (unpaired) electrons. The maximum Gasteiger partial charge on any atom is 0.417 e. The van der Waals surface area contributed by atoms with Crippen molar-refractivity contribution >= 4 is 11.7 Å². The molecule has 31 heavy (non-hydrogen) atoms. The zero-order chi connectivity index (χ0) is 22.6. The zero-order valence-electron chi connectivity index (χ0n) is 15.6. The fourth-order valence-electron chi connectivity index (χ4n) is 4.21. The molecule has 0 saturated carbocycles. The van der Waals surface area contributed by atoms with E-state index in [-0.39, 0.29) is 17.8 Å². The van der Waals surface area contributed by atoms with Gasteiger partial charge in [-0.05, 0) is 23.8 Å². The molecule has 1 aromatic carbocycles. The van der Waals surface area contributed by atoms with E-state index in [0.29, 0.717) is 6.20 Å². The Morgan fingerprint density at radius 1 is 1.06 bits per heavy atom. The fourth-order valence-corrected chi connectivity index (χ4v) is 4.21. The lowest BCUT2D eigenvalue weighted by Gasteiger charge is -2.30. The number of anilines is 1. The standard InChI is InChI=1S/C20H16F6N2O3/c21-19(22,23)10-3-1-2-9(6-10)15-16(13-7-12(29)17(15)31-13)18(30)28-14-5-4-11(8-27-14)20(24,25)26/h1-6,8,12-13,15-17,29H,7H2,(H,27,28,30). The van der Waals surface area contributed by atoms with Gasteiger partial charge in [-0.2, -0.15) is 26.3 Å². The first-order valence-electron chi connectivity index (χ1n) is 9.30. The Labute approximate surface area is 172 Å². The maximum absolute atomic E-state index is 13.1. The number of nitrogens with zero attached hydrogens (tertiary/aromatic N) is 1. The van der Waals surface area contributed by atoms with Gasteiger partial charge in [-0.15, -0.1) is 0 Å². The Balaban J connectivity index is 1.60. The van der Waals surface area contributed by atoms with Gasteiger partial charge in [0.15, 0.2) is 0 Å². The first-order chi connectivity index (χ1) is 14.4. The molecule has 1 amide bonds. The molecule has 0 spiro atoms. The summed E-state index contributed by atoms with van der Waals surface area (Å²) in [5.74, 6) is -2.59. The number of nitrogens with one attached hydrogen (secondary N) is 1. The van der Waals surface area contributed by atoms with Crippen molar-refractivity contribution in [2.45, 2.75) is 43.0 Å². The average molecular weight is 446 g/mol. The van der Waals surface area contributed by atoms with Crippen LogP contribution in [-0.2, 0) is 21.9 Å². The number of halogens is 6. The molecule has 2 fully saturated rings. The molecule has 11 heteroatoms. The van der Waals surface area contributed by atoms with E-state index < -0.39 is 59.5 Å².